The molecule has 0 aliphatic carbocycles. The summed E-state index contributed by atoms with van der Waals surface area (Å²) < 4.78 is 5.72. The van der Waals surface area contributed by atoms with E-state index in [1.807, 2.05) is 26.0 Å². The van der Waals surface area contributed by atoms with Gasteiger partial charge in [-0.25, -0.2) is 0 Å². The van der Waals surface area contributed by atoms with Crippen LogP contribution in [0.3, 0.4) is 0 Å². The summed E-state index contributed by atoms with van der Waals surface area (Å²) in [6.45, 7) is 11.1. The fourth-order valence-electron chi connectivity index (χ4n) is 3.15. The Labute approximate surface area is 127 Å². The van der Waals surface area contributed by atoms with Gasteiger partial charge >= 0.3 is 0 Å². The lowest BCUT2D eigenvalue weighted by Crippen LogP contribution is -3.15. The molecule has 1 aliphatic heterocycles. The van der Waals surface area contributed by atoms with Crippen LogP contribution in [0.2, 0.25) is 0 Å². The molecule has 1 aromatic rings. The van der Waals surface area contributed by atoms with Gasteiger partial charge in [0.05, 0.1) is 13.0 Å². The summed E-state index contributed by atoms with van der Waals surface area (Å²) in [5, 5.41) is 3.00. The van der Waals surface area contributed by atoms with Gasteiger partial charge in [-0.05, 0) is 51.0 Å². The van der Waals surface area contributed by atoms with Crippen LogP contribution in [0.25, 0.3) is 0 Å². The number of hydrogen-bond acceptors (Lipinski definition) is 2. The summed E-state index contributed by atoms with van der Waals surface area (Å²) in [6.07, 6.45) is 1.12. The monoisotopic (exact) mass is 291 g/mol. The maximum Gasteiger partial charge on any atom is 0.230 e. The molecule has 4 nitrogen and oxygen atoms in total. The van der Waals surface area contributed by atoms with Crippen molar-refractivity contribution in [3.05, 3.63) is 29.3 Å². The highest BCUT2D eigenvalue weighted by molar-refractivity contribution is 5.90. The Morgan fingerprint density at radius 1 is 1.19 bits per heavy atom. The lowest BCUT2D eigenvalue weighted by atomic mass is 10.1. The van der Waals surface area contributed by atoms with Gasteiger partial charge in [0.25, 0.3) is 0 Å². The Morgan fingerprint density at radius 3 is 2.33 bits per heavy atom. The molecule has 1 amide bonds. The molecule has 1 unspecified atom stereocenters. The van der Waals surface area contributed by atoms with E-state index in [1.165, 1.54) is 16.0 Å². The SMILES string of the molecule is Cc1cc(C)cc(NC(=O)CC[NH+]2C[C@@H](C)O[C@@H](C)C2)c1. The molecule has 2 N–H and O–H groups in total. The largest absolute Gasteiger partial charge is 0.364 e. The number of anilines is 1. The second kappa shape index (κ2) is 7.05. The summed E-state index contributed by atoms with van der Waals surface area (Å²) in [7, 11) is 0. The van der Waals surface area contributed by atoms with Crippen molar-refractivity contribution in [2.24, 2.45) is 0 Å². The molecule has 0 spiro atoms. The lowest BCUT2D eigenvalue weighted by molar-refractivity contribution is -0.914. The normalized spacial score (nSPS) is 25.6. The molecule has 0 aromatic heterocycles. The van der Waals surface area contributed by atoms with Gasteiger partial charge in [-0.2, -0.15) is 0 Å². The predicted molar refractivity (Wildman–Crippen MR) is 84.7 cm³/mol. The first-order valence-corrected chi connectivity index (χ1v) is 7.79. The molecule has 1 saturated heterocycles. The van der Waals surface area contributed by atoms with E-state index in [9.17, 15) is 4.79 Å². The van der Waals surface area contributed by atoms with Crippen molar-refractivity contribution in [3.63, 3.8) is 0 Å². The van der Waals surface area contributed by atoms with Crippen LogP contribution >= 0.6 is 0 Å². The zero-order valence-corrected chi connectivity index (χ0v) is 13.5. The fourth-order valence-corrected chi connectivity index (χ4v) is 3.15. The third kappa shape index (κ3) is 5.14. The highest BCUT2D eigenvalue weighted by Crippen LogP contribution is 2.13. The van der Waals surface area contributed by atoms with E-state index in [1.54, 1.807) is 0 Å². The zero-order valence-electron chi connectivity index (χ0n) is 13.5. The number of aryl methyl sites for hydroxylation is 2. The number of hydrogen-bond donors (Lipinski definition) is 2. The third-order valence-corrected chi connectivity index (χ3v) is 3.83. The molecule has 1 fully saturated rings. The van der Waals surface area contributed by atoms with E-state index in [-0.39, 0.29) is 18.1 Å². The van der Waals surface area contributed by atoms with Gasteiger partial charge in [-0.3, -0.25) is 4.79 Å². The molecule has 1 heterocycles. The number of rotatable bonds is 4. The smallest absolute Gasteiger partial charge is 0.230 e. The van der Waals surface area contributed by atoms with Crippen LogP contribution in [0.15, 0.2) is 18.2 Å². The standard InChI is InChI=1S/C17H26N2O2/c1-12-7-13(2)9-16(8-12)18-17(20)5-6-19-10-14(3)21-15(4)11-19/h7-9,14-15H,5-6,10-11H2,1-4H3,(H,18,20)/p+1/t14-,15+. The number of amides is 1. The highest BCUT2D eigenvalue weighted by Gasteiger charge is 2.25. The lowest BCUT2D eigenvalue weighted by Gasteiger charge is -2.32. The van der Waals surface area contributed by atoms with Gasteiger partial charge in [0, 0.05) is 5.69 Å². The molecule has 0 radical (unpaired) electrons. The van der Waals surface area contributed by atoms with Crippen molar-refractivity contribution in [2.75, 3.05) is 25.0 Å². The Kier molecular flexibility index (Phi) is 5.37. The van der Waals surface area contributed by atoms with Crippen LogP contribution in [0.5, 0.6) is 0 Å². The van der Waals surface area contributed by atoms with E-state index >= 15 is 0 Å². The van der Waals surface area contributed by atoms with E-state index < -0.39 is 0 Å². The zero-order chi connectivity index (χ0) is 15.4. The number of carbonyl (C=O) groups excluding carboxylic acids is 1. The topological polar surface area (TPSA) is 42.8 Å². The summed E-state index contributed by atoms with van der Waals surface area (Å²) in [5.41, 5.74) is 3.25. The van der Waals surface area contributed by atoms with Crippen molar-refractivity contribution < 1.29 is 14.4 Å². The first-order valence-electron chi connectivity index (χ1n) is 7.79. The van der Waals surface area contributed by atoms with Crippen molar-refractivity contribution in [1.82, 2.24) is 0 Å². The molecule has 1 aromatic carbocycles. The van der Waals surface area contributed by atoms with Crippen LogP contribution in [0.4, 0.5) is 5.69 Å². The summed E-state index contributed by atoms with van der Waals surface area (Å²) in [4.78, 5) is 13.5. The first-order chi connectivity index (χ1) is 9.92. The van der Waals surface area contributed by atoms with Gasteiger partial charge in [0.2, 0.25) is 5.91 Å². The number of benzene rings is 1. The summed E-state index contributed by atoms with van der Waals surface area (Å²) in [5.74, 6) is 0.0966. The number of carbonyl (C=O) groups is 1. The number of morpholine rings is 1. The van der Waals surface area contributed by atoms with E-state index in [2.05, 4.69) is 25.2 Å². The highest BCUT2D eigenvalue weighted by atomic mass is 16.5. The Hall–Kier alpha value is -1.39. The quantitative estimate of drug-likeness (QED) is 0.879. The molecular formula is C17H27N2O2+. The number of ether oxygens (including phenoxy) is 1. The average Bonchev–Trinajstić information content (AvgIpc) is 2.34. The van der Waals surface area contributed by atoms with Crippen molar-refractivity contribution in [1.29, 1.82) is 0 Å². The van der Waals surface area contributed by atoms with E-state index in [0.717, 1.165) is 25.3 Å². The average molecular weight is 291 g/mol. The Bertz CT molecular complexity index is 471. The summed E-state index contributed by atoms with van der Waals surface area (Å²) >= 11 is 0. The van der Waals surface area contributed by atoms with E-state index in [0.29, 0.717) is 6.42 Å². The fraction of sp³-hybridized carbons (Fsp3) is 0.588. The van der Waals surface area contributed by atoms with Crippen molar-refractivity contribution >= 4 is 11.6 Å². The van der Waals surface area contributed by atoms with E-state index in [4.69, 9.17) is 4.74 Å². The number of nitrogens with one attached hydrogen (secondary N) is 2. The molecule has 0 saturated carbocycles. The maximum atomic E-state index is 12.1. The van der Waals surface area contributed by atoms with Gasteiger partial charge in [-0.15, -0.1) is 0 Å². The minimum absolute atomic E-state index is 0.0966. The van der Waals surface area contributed by atoms with Gasteiger partial charge in [-0.1, -0.05) is 6.07 Å². The maximum absolute atomic E-state index is 12.1. The second-order valence-electron chi connectivity index (χ2n) is 6.34. The second-order valence-corrected chi connectivity index (χ2v) is 6.34. The molecule has 0 bridgehead atoms. The Balaban J connectivity index is 1.82. The third-order valence-electron chi connectivity index (χ3n) is 3.83. The van der Waals surface area contributed by atoms with Gasteiger partial charge in [0.15, 0.2) is 0 Å². The van der Waals surface area contributed by atoms with Crippen LogP contribution in [0.1, 0.15) is 31.4 Å². The summed E-state index contributed by atoms with van der Waals surface area (Å²) in [6, 6.07) is 6.13. The van der Waals surface area contributed by atoms with Gasteiger partial charge in [0.1, 0.15) is 25.3 Å². The minimum atomic E-state index is 0.0966. The van der Waals surface area contributed by atoms with Crippen LogP contribution in [0, 0.1) is 13.8 Å². The van der Waals surface area contributed by atoms with Crippen LogP contribution < -0.4 is 10.2 Å². The molecular weight excluding hydrogens is 264 g/mol. The molecule has 4 heteroatoms. The first kappa shape index (κ1) is 16.0. The number of quaternary nitrogens is 1. The molecule has 1 aliphatic rings. The Morgan fingerprint density at radius 2 is 1.76 bits per heavy atom. The van der Waals surface area contributed by atoms with Crippen LogP contribution in [-0.4, -0.2) is 37.7 Å². The predicted octanol–water partition coefficient (Wildman–Crippen LogP) is 1.32. The van der Waals surface area contributed by atoms with Crippen LogP contribution in [-0.2, 0) is 9.53 Å². The van der Waals surface area contributed by atoms with Crippen molar-refractivity contribution in [2.45, 2.75) is 46.3 Å². The van der Waals surface area contributed by atoms with Crippen molar-refractivity contribution in [3.8, 4) is 0 Å². The molecule has 2 rings (SSSR count). The molecule has 21 heavy (non-hydrogen) atoms. The van der Waals surface area contributed by atoms with Gasteiger partial charge < -0.3 is 15.0 Å². The molecule has 3 atom stereocenters. The molecule has 116 valence electrons. The minimum Gasteiger partial charge on any atom is -0.364 e.